The SMILES string of the molecule is Cc1nc(CNC(=O)CC2(C(=O)O)CCCC2)cs1. The molecule has 19 heavy (non-hydrogen) atoms. The summed E-state index contributed by atoms with van der Waals surface area (Å²) < 4.78 is 0. The largest absolute Gasteiger partial charge is 0.481 e. The molecule has 1 saturated carbocycles. The lowest BCUT2D eigenvalue weighted by Gasteiger charge is -2.22. The maximum Gasteiger partial charge on any atom is 0.310 e. The number of hydrogen-bond acceptors (Lipinski definition) is 4. The first kappa shape index (κ1) is 14.0. The molecule has 6 heteroatoms. The third kappa shape index (κ3) is 3.32. The molecule has 1 amide bonds. The second-order valence-corrected chi connectivity index (χ2v) is 6.17. The van der Waals surface area contributed by atoms with E-state index in [0.717, 1.165) is 23.5 Å². The molecule has 1 aliphatic carbocycles. The third-order valence-corrected chi connectivity index (χ3v) is 4.47. The van der Waals surface area contributed by atoms with Crippen LogP contribution in [0.4, 0.5) is 0 Å². The van der Waals surface area contributed by atoms with Gasteiger partial charge >= 0.3 is 5.97 Å². The van der Waals surface area contributed by atoms with Crippen LogP contribution in [0.2, 0.25) is 0 Å². The molecule has 0 aliphatic heterocycles. The molecule has 2 rings (SSSR count). The molecule has 0 bridgehead atoms. The maximum atomic E-state index is 11.9. The Morgan fingerprint density at radius 1 is 1.47 bits per heavy atom. The fourth-order valence-electron chi connectivity index (χ4n) is 2.57. The fraction of sp³-hybridized carbons (Fsp3) is 0.615. The Hall–Kier alpha value is -1.43. The van der Waals surface area contributed by atoms with Crippen LogP contribution in [0, 0.1) is 12.3 Å². The smallest absolute Gasteiger partial charge is 0.310 e. The number of thiazole rings is 1. The molecule has 0 unspecified atom stereocenters. The summed E-state index contributed by atoms with van der Waals surface area (Å²) >= 11 is 1.54. The number of aryl methyl sites for hydroxylation is 1. The Balaban J connectivity index is 1.88. The van der Waals surface area contributed by atoms with Crippen molar-refractivity contribution in [3.8, 4) is 0 Å². The molecule has 1 fully saturated rings. The summed E-state index contributed by atoms with van der Waals surface area (Å²) in [4.78, 5) is 27.5. The number of carboxylic acid groups (broad SMARTS) is 1. The van der Waals surface area contributed by atoms with Crippen molar-refractivity contribution < 1.29 is 14.7 Å². The molecule has 104 valence electrons. The Kier molecular flexibility index (Phi) is 4.19. The number of aromatic nitrogens is 1. The lowest BCUT2D eigenvalue weighted by atomic mass is 9.82. The van der Waals surface area contributed by atoms with Gasteiger partial charge in [0, 0.05) is 11.8 Å². The predicted molar refractivity (Wildman–Crippen MR) is 71.9 cm³/mol. The number of aliphatic carboxylic acids is 1. The van der Waals surface area contributed by atoms with E-state index < -0.39 is 11.4 Å². The van der Waals surface area contributed by atoms with Crippen LogP contribution in [0.25, 0.3) is 0 Å². The van der Waals surface area contributed by atoms with Crippen LogP contribution in [0.3, 0.4) is 0 Å². The minimum absolute atomic E-state index is 0.0749. The molecule has 0 atom stereocenters. The number of nitrogens with one attached hydrogen (secondary N) is 1. The molecular formula is C13H18N2O3S. The average Bonchev–Trinajstić information content (AvgIpc) is 2.97. The molecule has 0 saturated heterocycles. The van der Waals surface area contributed by atoms with Gasteiger partial charge in [-0.15, -0.1) is 11.3 Å². The zero-order chi connectivity index (χ0) is 13.9. The molecule has 1 aromatic rings. The zero-order valence-electron chi connectivity index (χ0n) is 10.9. The van der Waals surface area contributed by atoms with Crippen LogP contribution in [-0.2, 0) is 16.1 Å². The summed E-state index contributed by atoms with van der Waals surface area (Å²) in [5.74, 6) is -1.04. The van der Waals surface area contributed by atoms with Crippen LogP contribution in [-0.4, -0.2) is 22.0 Å². The summed E-state index contributed by atoms with van der Waals surface area (Å²) in [7, 11) is 0. The fourth-order valence-corrected chi connectivity index (χ4v) is 3.18. The van der Waals surface area contributed by atoms with Gasteiger partial charge in [0.2, 0.25) is 5.91 Å². The number of carbonyl (C=O) groups is 2. The highest BCUT2D eigenvalue weighted by Gasteiger charge is 2.42. The van der Waals surface area contributed by atoms with Crippen molar-refractivity contribution in [1.82, 2.24) is 10.3 Å². The van der Waals surface area contributed by atoms with Gasteiger partial charge in [0.05, 0.1) is 22.7 Å². The van der Waals surface area contributed by atoms with Gasteiger partial charge in [0.15, 0.2) is 0 Å². The number of rotatable bonds is 5. The molecule has 1 aromatic heterocycles. The second kappa shape index (κ2) is 5.69. The standard InChI is InChI=1S/C13H18N2O3S/c1-9-15-10(8-19-9)7-14-11(16)6-13(12(17)18)4-2-3-5-13/h8H,2-7H2,1H3,(H,14,16)(H,17,18). The summed E-state index contributed by atoms with van der Waals surface area (Å²) in [5, 5.41) is 14.9. The number of hydrogen-bond donors (Lipinski definition) is 2. The molecule has 0 radical (unpaired) electrons. The molecule has 2 N–H and O–H groups in total. The Morgan fingerprint density at radius 3 is 2.68 bits per heavy atom. The van der Waals surface area contributed by atoms with Gasteiger partial charge in [-0.25, -0.2) is 4.98 Å². The van der Waals surface area contributed by atoms with E-state index in [2.05, 4.69) is 10.3 Å². The van der Waals surface area contributed by atoms with Crippen molar-refractivity contribution in [2.75, 3.05) is 0 Å². The van der Waals surface area contributed by atoms with E-state index in [1.54, 1.807) is 0 Å². The zero-order valence-corrected chi connectivity index (χ0v) is 11.8. The Labute approximate surface area is 116 Å². The maximum absolute atomic E-state index is 11.9. The molecule has 1 aliphatic rings. The highest BCUT2D eigenvalue weighted by Crippen LogP contribution is 2.41. The van der Waals surface area contributed by atoms with E-state index in [4.69, 9.17) is 0 Å². The number of carbonyl (C=O) groups excluding carboxylic acids is 1. The van der Waals surface area contributed by atoms with E-state index in [1.165, 1.54) is 11.3 Å². The van der Waals surface area contributed by atoms with E-state index >= 15 is 0 Å². The third-order valence-electron chi connectivity index (χ3n) is 3.65. The van der Waals surface area contributed by atoms with Gasteiger partial charge in [-0.1, -0.05) is 12.8 Å². The topological polar surface area (TPSA) is 79.3 Å². The first-order valence-electron chi connectivity index (χ1n) is 6.43. The van der Waals surface area contributed by atoms with Crippen LogP contribution in [0.5, 0.6) is 0 Å². The highest BCUT2D eigenvalue weighted by molar-refractivity contribution is 7.09. The average molecular weight is 282 g/mol. The summed E-state index contributed by atoms with van der Waals surface area (Å²) in [6, 6.07) is 0. The van der Waals surface area contributed by atoms with Gasteiger partial charge in [-0.05, 0) is 19.8 Å². The van der Waals surface area contributed by atoms with Crippen LogP contribution in [0.15, 0.2) is 5.38 Å². The van der Waals surface area contributed by atoms with Crippen LogP contribution < -0.4 is 5.32 Å². The highest BCUT2D eigenvalue weighted by atomic mass is 32.1. The van der Waals surface area contributed by atoms with Crippen molar-refractivity contribution >= 4 is 23.2 Å². The lowest BCUT2D eigenvalue weighted by Crippen LogP contribution is -2.35. The first-order valence-corrected chi connectivity index (χ1v) is 7.31. The minimum atomic E-state index is -0.845. The van der Waals surface area contributed by atoms with Gasteiger partial charge < -0.3 is 10.4 Å². The van der Waals surface area contributed by atoms with Crippen LogP contribution >= 0.6 is 11.3 Å². The Morgan fingerprint density at radius 2 is 2.16 bits per heavy atom. The number of amides is 1. The van der Waals surface area contributed by atoms with Crippen molar-refractivity contribution in [3.05, 3.63) is 16.1 Å². The van der Waals surface area contributed by atoms with E-state index in [0.29, 0.717) is 19.4 Å². The first-order chi connectivity index (χ1) is 9.02. The van der Waals surface area contributed by atoms with E-state index in [1.807, 2.05) is 12.3 Å². The van der Waals surface area contributed by atoms with E-state index in [9.17, 15) is 14.7 Å². The molecule has 5 nitrogen and oxygen atoms in total. The van der Waals surface area contributed by atoms with E-state index in [-0.39, 0.29) is 12.3 Å². The van der Waals surface area contributed by atoms with Gasteiger partial charge in [0.25, 0.3) is 0 Å². The monoisotopic (exact) mass is 282 g/mol. The molecule has 0 aromatic carbocycles. The predicted octanol–water partition coefficient (Wildman–Crippen LogP) is 2.10. The summed E-state index contributed by atoms with van der Waals surface area (Å²) in [6.07, 6.45) is 3.07. The van der Waals surface area contributed by atoms with Crippen LogP contribution in [0.1, 0.15) is 42.8 Å². The van der Waals surface area contributed by atoms with Crippen molar-refractivity contribution in [3.63, 3.8) is 0 Å². The lowest BCUT2D eigenvalue weighted by molar-refractivity contribution is -0.151. The van der Waals surface area contributed by atoms with Gasteiger partial charge in [-0.3, -0.25) is 9.59 Å². The normalized spacial score (nSPS) is 17.3. The van der Waals surface area contributed by atoms with Gasteiger partial charge in [-0.2, -0.15) is 0 Å². The quantitative estimate of drug-likeness (QED) is 0.866. The number of nitrogens with zero attached hydrogens (tertiary/aromatic N) is 1. The number of carboxylic acids is 1. The molecule has 0 spiro atoms. The van der Waals surface area contributed by atoms with Crippen molar-refractivity contribution in [2.45, 2.75) is 45.6 Å². The minimum Gasteiger partial charge on any atom is -0.481 e. The molecule has 1 heterocycles. The Bertz CT molecular complexity index is 478. The van der Waals surface area contributed by atoms with Crippen molar-refractivity contribution in [2.24, 2.45) is 5.41 Å². The molecular weight excluding hydrogens is 264 g/mol. The second-order valence-electron chi connectivity index (χ2n) is 5.10. The summed E-state index contributed by atoms with van der Waals surface area (Å²) in [5.41, 5.74) is -0.0196. The van der Waals surface area contributed by atoms with Gasteiger partial charge in [0.1, 0.15) is 0 Å². The summed E-state index contributed by atoms with van der Waals surface area (Å²) in [6.45, 7) is 2.28. The van der Waals surface area contributed by atoms with Crippen molar-refractivity contribution in [1.29, 1.82) is 0 Å².